The zero-order valence-corrected chi connectivity index (χ0v) is 16.2. The van der Waals surface area contributed by atoms with Gasteiger partial charge in [0.1, 0.15) is 17.6 Å². The van der Waals surface area contributed by atoms with Crippen molar-refractivity contribution in [3.8, 4) is 5.75 Å². The van der Waals surface area contributed by atoms with Crippen LogP contribution >= 0.6 is 11.3 Å². The van der Waals surface area contributed by atoms with Crippen molar-refractivity contribution in [3.05, 3.63) is 87.6 Å². The molecule has 5 nitrogen and oxygen atoms in total. The number of carbonyl (C=O) groups excluding carboxylic acids is 2. The summed E-state index contributed by atoms with van der Waals surface area (Å²) in [5.41, 5.74) is 2.23. The Morgan fingerprint density at radius 2 is 1.90 bits per heavy atom. The maximum atomic E-state index is 13.0. The van der Waals surface area contributed by atoms with E-state index >= 15 is 0 Å². The Kier molecular flexibility index (Phi) is 4.21. The normalized spacial score (nSPS) is 20.0. The Hall–Kier alpha value is -3.38. The number of benzene rings is 2. The lowest BCUT2D eigenvalue weighted by molar-refractivity contribution is -0.132. The highest BCUT2D eigenvalue weighted by atomic mass is 32.1. The summed E-state index contributed by atoms with van der Waals surface area (Å²) >= 11 is 1.45. The van der Waals surface area contributed by atoms with Gasteiger partial charge in [-0.05, 0) is 47.3 Å². The van der Waals surface area contributed by atoms with Crippen LogP contribution in [-0.2, 0) is 16.0 Å². The average Bonchev–Trinajstić information content (AvgIpc) is 3.48. The summed E-state index contributed by atoms with van der Waals surface area (Å²) in [6.07, 6.45) is 0.753. The lowest BCUT2D eigenvalue weighted by Gasteiger charge is -2.24. The van der Waals surface area contributed by atoms with Crippen LogP contribution in [0, 0.1) is 0 Å². The summed E-state index contributed by atoms with van der Waals surface area (Å²) in [7, 11) is 0. The molecule has 2 aliphatic rings. The fourth-order valence-corrected chi connectivity index (χ4v) is 4.72. The van der Waals surface area contributed by atoms with Gasteiger partial charge >= 0.3 is 0 Å². The number of ketones is 1. The number of hydrogen-bond donors (Lipinski definition) is 1. The second-order valence-electron chi connectivity index (χ2n) is 6.94. The van der Waals surface area contributed by atoms with Crippen LogP contribution in [0.15, 0.2) is 71.6 Å². The van der Waals surface area contributed by atoms with Crippen LogP contribution in [-0.4, -0.2) is 23.4 Å². The zero-order valence-electron chi connectivity index (χ0n) is 15.4. The minimum atomic E-state index is -0.679. The van der Waals surface area contributed by atoms with Crippen molar-refractivity contribution in [1.82, 2.24) is 0 Å². The molecule has 1 atom stereocenters. The maximum Gasteiger partial charge on any atom is 0.300 e. The fourth-order valence-electron chi connectivity index (χ4n) is 3.89. The molecule has 144 valence electrons. The molecule has 2 aromatic carbocycles. The predicted octanol–water partition coefficient (Wildman–Crippen LogP) is 4.31. The minimum absolute atomic E-state index is 0.111. The summed E-state index contributed by atoms with van der Waals surface area (Å²) in [5.74, 6) is -0.682. The van der Waals surface area contributed by atoms with Crippen LogP contribution in [0.4, 0.5) is 5.69 Å². The van der Waals surface area contributed by atoms with E-state index in [4.69, 9.17) is 4.74 Å². The SMILES string of the molecule is O=C1C(=O)N(c2ccccc2)C(c2cccs2)/C1=C(/O)c1ccc2c(c1)CCO2. The minimum Gasteiger partial charge on any atom is -0.507 e. The van der Waals surface area contributed by atoms with Crippen LogP contribution in [0.1, 0.15) is 22.0 Å². The molecule has 1 amide bonds. The molecule has 1 N–H and O–H groups in total. The Morgan fingerprint density at radius 1 is 1.07 bits per heavy atom. The van der Waals surface area contributed by atoms with Gasteiger partial charge in [-0.15, -0.1) is 11.3 Å². The third-order valence-corrected chi connectivity index (χ3v) is 6.18. The number of aliphatic hydroxyl groups is 1. The number of nitrogens with zero attached hydrogens (tertiary/aromatic N) is 1. The van der Waals surface area contributed by atoms with Crippen molar-refractivity contribution in [2.24, 2.45) is 0 Å². The molecule has 29 heavy (non-hydrogen) atoms. The highest BCUT2D eigenvalue weighted by Crippen LogP contribution is 2.43. The van der Waals surface area contributed by atoms with E-state index in [2.05, 4.69) is 0 Å². The summed E-state index contributed by atoms with van der Waals surface area (Å²) in [4.78, 5) is 28.3. The number of ether oxygens (including phenoxy) is 1. The molecular weight excluding hydrogens is 386 g/mol. The number of hydrogen-bond acceptors (Lipinski definition) is 5. The van der Waals surface area contributed by atoms with E-state index in [0.717, 1.165) is 22.6 Å². The molecule has 3 heterocycles. The monoisotopic (exact) mass is 403 g/mol. The van der Waals surface area contributed by atoms with Gasteiger partial charge in [-0.1, -0.05) is 24.3 Å². The average molecular weight is 403 g/mol. The van der Waals surface area contributed by atoms with E-state index in [1.54, 1.807) is 24.3 Å². The van der Waals surface area contributed by atoms with Gasteiger partial charge in [-0.25, -0.2) is 0 Å². The smallest absolute Gasteiger partial charge is 0.300 e. The van der Waals surface area contributed by atoms with Gasteiger partial charge in [0.15, 0.2) is 0 Å². The van der Waals surface area contributed by atoms with Gasteiger partial charge in [-0.3, -0.25) is 14.5 Å². The Labute approximate surface area is 171 Å². The van der Waals surface area contributed by atoms with Crippen LogP contribution in [0.5, 0.6) is 5.75 Å². The van der Waals surface area contributed by atoms with E-state index in [0.29, 0.717) is 17.9 Å². The van der Waals surface area contributed by atoms with Crippen LogP contribution in [0.25, 0.3) is 5.76 Å². The molecule has 0 spiro atoms. The summed E-state index contributed by atoms with van der Waals surface area (Å²) in [5, 5.41) is 13.0. The van der Waals surface area contributed by atoms with E-state index in [1.165, 1.54) is 16.2 Å². The van der Waals surface area contributed by atoms with E-state index < -0.39 is 17.7 Å². The van der Waals surface area contributed by atoms with Crippen LogP contribution in [0.3, 0.4) is 0 Å². The highest BCUT2D eigenvalue weighted by molar-refractivity contribution is 7.10. The lowest BCUT2D eigenvalue weighted by Crippen LogP contribution is -2.29. The van der Waals surface area contributed by atoms with Crippen molar-refractivity contribution in [2.75, 3.05) is 11.5 Å². The maximum absolute atomic E-state index is 13.0. The molecule has 5 rings (SSSR count). The van der Waals surface area contributed by atoms with Crippen LogP contribution < -0.4 is 9.64 Å². The van der Waals surface area contributed by atoms with Gasteiger partial charge in [0.2, 0.25) is 0 Å². The number of thiophene rings is 1. The van der Waals surface area contributed by atoms with Gasteiger partial charge in [-0.2, -0.15) is 0 Å². The van der Waals surface area contributed by atoms with Gasteiger partial charge < -0.3 is 9.84 Å². The first-order valence-electron chi connectivity index (χ1n) is 9.30. The number of rotatable bonds is 3. The molecule has 1 fully saturated rings. The zero-order chi connectivity index (χ0) is 20.0. The van der Waals surface area contributed by atoms with Crippen molar-refractivity contribution in [3.63, 3.8) is 0 Å². The number of amides is 1. The number of anilines is 1. The third kappa shape index (κ3) is 2.84. The number of fused-ring (bicyclic) bond motifs is 1. The molecular formula is C23H17NO4S. The molecule has 6 heteroatoms. The predicted molar refractivity (Wildman–Crippen MR) is 111 cm³/mol. The first-order chi connectivity index (χ1) is 14.1. The van der Waals surface area contributed by atoms with Crippen molar-refractivity contribution in [2.45, 2.75) is 12.5 Å². The standard InChI is InChI=1S/C23H17NO4S/c25-21(15-8-9-17-14(13-15)10-11-28-17)19-20(18-7-4-12-29-18)24(23(27)22(19)26)16-5-2-1-3-6-16/h1-9,12-13,20,25H,10-11H2/b21-19-. The van der Waals surface area contributed by atoms with Gasteiger partial charge in [0, 0.05) is 22.5 Å². The van der Waals surface area contributed by atoms with Crippen LogP contribution in [0.2, 0.25) is 0 Å². The Bertz CT molecular complexity index is 1130. The quantitative estimate of drug-likeness (QED) is 0.402. The number of aliphatic hydroxyl groups excluding tert-OH is 1. The molecule has 2 aliphatic heterocycles. The first-order valence-corrected chi connectivity index (χ1v) is 10.2. The molecule has 0 radical (unpaired) electrons. The Morgan fingerprint density at radius 3 is 2.66 bits per heavy atom. The fraction of sp³-hybridized carbons (Fsp3) is 0.130. The number of carbonyl (C=O) groups is 2. The molecule has 1 aromatic heterocycles. The van der Waals surface area contributed by atoms with Crippen molar-refractivity contribution >= 4 is 34.5 Å². The molecule has 0 saturated carbocycles. The topological polar surface area (TPSA) is 66.8 Å². The second kappa shape index (κ2) is 6.90. The van der Waals surface area contributed by atoms with E-state index in [9.17, 15) is 14.7 Å². The molecule has 0 aliphatic carbocycles. The van der Waals surface area contributed by atoms with Gasteiger partial charge in [0.05, 0.1) is 12.2 Å². The Balaban J connectivity index is 1.69. The first kappa shape index (κ1) is 17.7. The largest absolute Gasteiger partial charge is 0.507 e. The number of para-hydroxylation sites is 1. The lowest BCUT2D eigenvalue weighted by atomic mass is 9.98. The van der Waals surface area contributed by atoms with E-state index in [-0.39, 0.29) is 11.3 Å². The van der Waals surface area contributed by atoms with Gasteiger partial charge in [0.25, 0.3) is 11.7 Å². The molecule has 1 unspecified atom stereocenters. The summed E-state index contributed by atoms with van der Waals surface area (Å²) in [6, 6.07) is 17.5. The summed E-state index contributed by atoms with van der Waals surface area (Å²) < 4.78 is 5.53. The highest BCUT2D eigenvalue weighted by Gasteiger charge is 2.47. The van der Waals surface area contributed by atoms with Crippen molar-refractivity contribution in [1.29, 1.82) is 0 Å². The van der Waals surface area contributed by atoms with Crippen molar-refractivity contribution < 1.29 is 19.4 Å². The molecule has 1 saturated heterocycles. The second-order valence-corrected chi connectivity index (χ2v) is 7.92. The molecule has 0 bridgehead atoms. The van der Waals surface area contributed by atoms with E-state index in [1.807, 2.05) is 41.8 Å². The molecule has 3 aromatic rings. The summed E-state index contributed by atoms with van der Waals surface area (Å²) in [6.45, 7) is 0.604. The third-order valence-electron chi connectivity index (χ3n) is 5.25. The number of Topliss-reactive ketones (excluding diaryl/α,β-unsaturated/α-hetero) is 1.